The molecule has 0 aliphatic heterocycles. The van der Waals surface area contributed by atoms with Crippen molar-refractivity contribution in [1.29, 1.82) is 0 Å². The molecule has 0 aliphatic rings. The molecule has 88 valence electrons. The number of aliphatic hydroxyl groups is 1. The fourth-order valence-corrected chi connectivity index (χ4v) is 1.80. The monoisotopic (exact) mass is 230 g/mol. The number of aryl methyl sites for hydroxylation is 1. The van der Waals surface area contributed by atoms with Crippen molar-refractivity contribution in [2.75, 3.05) is 6.61 Å². The molecule has 0 spiro atoms. The average molecular weight is 230 g/mol. The molecule has 1 aromatic heterocycles. The van der Waals surface area contributed by atoms with E-state index >= 15 is 0 Å². The Balaban J connectivity index is 2.66. The average Bonchev–Trinajstić information content (AvgIpc) is 2.36. The largest absolute Gasteiger partial charge is 0.396 e. The van der Waals surface area contributed by atoms with Gasteiger partial charge in [-0.3, -0.25) is 4.79 Å². The van der Waals surface area contributed by atoms with Gasteiger partial charge in [-0.05, 0) is 17.5 Å². The van der Waals surface area contributed by atoms with Crippen molar-refractivity contribution in [2.24, 2.45) is 7.05 Å². The first-order valence-electron chi connectivity index (χ1n) is 5.45. The van der Waals surface area contributed by atoms with E-state index in [0.29, 0.717) is 12.0 Å². The zero-order valence-corrected chi connectivity index (χ0v) is 9.63. The highest BCUT2D eigenvalue weighted by Crippen LogP contribution is 2.18. The van der Waals surface area contributed by atoms with E-state index in [-0.39, 0.29) is 12.2 Å². The Morgan fingerprint density at radius 2 is 2.00 bits per heavy atom. The number of hydrogen-bond acceptors (Lipinski definition) is 3. The lowest BCUT2D eigenvalue weighted by Gasteiger charge is -2.08. The standard InChI is InChI=1S/C13H14N2O2/c1-15-13(17)12(10-5-3-2-4-6-10)11(7-8-16)9-14-15/h2-6,9,16H,7-8H2,1H3. The van der Waals surface area contributed by atoms with Crippen LogP contribution in [0.2, 0.25) is 0 Å². The molecule has 0 bridgehead atoms. The zero-order chi connectivity index (χ0) is 12.3. The predicted molar refractivity (Wildman–Crippen MR) is 65.7 cm³/mol. The van der Waals surface area contributed by atoms with Gasteiger partial charge in [-0.25, -0.2) is 4.68 Å². The Hall–Kier alpha value is -1.94. The number of nitrogens with zero attached hydrogens (tertiary/aromatic N) is 2. The summed E-state index contributed by atoms with van der Waals surface area (Å²) in [7, 11) is 1.62. The molecular weight excluding hydrogens is 216 g/mol. The Morgan fingerprint density at radius 1 is 1.29 bits per heavy atom. The second-order valence-electron chi connectivity index (χ2n) is 3.81. The fraction of sp³-hybridized carbons (Fsp3) is 0.231. The molecule has 2 rings (SSSR count). The van der Waals surface area contributed by atoms with E-state index in [1.807, 2.05) is 30.3 Å². The van der Waals surface area contributed by atoms with Gasteiger partial charge in [0.25, 0.3) is 5.56 Å². The quantitative estimate of drug-likeness (QED) is 0.855. The number of benzene rings is 1. The van der Waals surface area contributed by atoms with Crippen LogP contribution in [0.25, 0.3) is 11.1 Å². The van der Waals surface area contributed by atoms with E-state index in [0.717, 1.165) is 11.1 Å². The lowest BCUT2D eigenvalue weighted by atomic mass is 10.0. The molecule has 1 N–H and O–H groups in total. The molecule has 2 aromatic rings. The molecular formula is C13H14N2O2. The highest BCUT2D eigenvalue weighted by Gasteiger charge is 2.11. The van der Waals surface area contributed by atoms with Crippen LogP contribution < -0.4 is 5.56 Å². The lowest BCUT2D eigenvalue weighted by molar-refractivity contribution is 0.299. The Kier molecular flexibility index (Phi) is 3.35. The molecule has 0 radical (unpaired) electrons. The van der Waals surface area contributed by atoms with Crippen LogP contribution in [0.3, 0.4) is 0 Å². The summed E-state index contributed by atoms with van der Waals surface area (Å²) in [5.74, 6) is 0. The van der Waals surface area contributed by atoms with Crippen molar-refractivity contribution in [3.8, 4) is 11.1 Å². The third kappa shape index (κ3) is 2.26. The molecule has 0 fully saturated rings. The third-order valence-corrected chi connectivity index (χ3v) is 2.66. The first-order valence-corrected chi connectivity index (χ1v) is 5.45. The predicted octanol–water partition coefficient (Wildman–Crippen LogP) is 0.982. The second-order valence-corrected chi connectivity index (χ2v) is 3.81. The lowest BCUT2D eigenvalue weighted by Crippen LogP contribution is -2.23. The maximum Gasteiger partial charge on any atom is 0.274 e. The van der Waals surface area contributed by atoms with Crippen LogP contribution in [0.1, 0.15) is 5.56 Å². The van der Waals surface area contributed by atoms with E-state index in [9.17, 15) is 4.79 Å². The minimum absolute atomic E-state index is 0.00861. The molecule has 0 amide bonds. The normalized spacial score (nSPS) is 10.5. The SMILES string of the molecule is Cn1ncc(CCO)c(-c2ccccc2)c1=O. The molecule has 4 nitrogen and oxygen atoms in total. The smallest absolute Gasteiger partial charge is 0.274 e. The summed E-state index contributed by atoms with van der Waals surface area (Å²) in [6.07, 6.45) is 2.08. The van der Waals surface area contributed by atoms with Crippen molar-refractivity contribution >= 4 is 0 Å². The summed E-state index contributed by atoms with van der Waals surface area (Å²) in [6.45, 7) is 0.00861. The Bertz CT molecular complexity index is 561. The van der Waals surface area contributed by atoms with Crippen LogP contribution in [0.15, 0.2) is 41.3 Å². The third-order valence-electron chi connectivity index (χ3n) is 2.66. The molecule has 0 aliphatic carbocycles. The van der Waals surface area contributed by atoms with E-state index in [2.05, 4.69) is 5.10 Å². The topological polar surface area (TPSA) is 55.1 Å². The van der Waals surface area contributed by atoms with Gasteiger partial charge < -0.3 is 5.11 Å². The summed E-state index contributed by atoms with van der Waals surface area (Å²) in [6, 6.07) is 9.45. The summed E-state index contributed by atoms with van der Waals surface area (Å²) < 4.78 is 1.31. The number of hydrogen-bond donors (Lipinski definition) is 1. The minimum atomic E-state index is -0.137. The van der Waals surface area contributed by atoms with Gasteiger partial charge in [0.2, 0.25) is 0 Å². The van der Waals surface area contributed by atoms with E-state index < -0.39 is 0 Å². The fourth-order valence-electron chi connectivity index (χ4n) is 1.80. The van der Waals surface area contributed by atoms with Gasteiger partial charge in [0.15, 0.2) is 0 Å². The summed E-state index contributed by atoms with van der Waals surface area (Å²) >= 11 is 0. The number of aliphatic hydroxyl groups excluding tert-OH is 1. The number of aromatic nitrogens is 2. The highest BCUT2D eigenvalue weighted by atomic mass is 16.3. The number of rotatable bonds is 3. The van der Waals surface area contributed by atoms with Crippen LogP contribution in [0.4, 0.5) is 0 Å². The molecule has 4 heteroatoms. The summed E-state index contributed by atoms with van der Waals surface area (Å²) in [5.41, 5.74) is 2.13. The van der Waals surface area contributed by atoms with E-state index in [4.69, 9.17) is 5.11 Å². The van der Waals surface area contributed by atoms with Crippen LogP contribution in [-0.2, 0) is 13.5 Å². The Labute approximate surface area is 99.2 Å². The zero-order valence-electron chi connectivity index (χ0n) is 9.63. The van der Waals surface area contributed by atoms with Crippen molar-refractivity contribution in [3.05, 3.63) is 52.4 Å². The molecule has 0 saturated carbocycles. The molecule has 0 unspecified atom stereocenters. The maximum absolute atomic E-state index is 12.1. The van der Waals surface area contributed by atoms with Crippen molar-refractivity contribution in [3.63, 3.8) is 0 Å². The van der Waals surface area contributed by atoms with Crippen LogP contribution >= 0.6 is 0 Å². The molecule has 1 heterocycles. The Morgan fingerprint density at radius 3 is 2.65 bits per heavy atom. The van der Waals surface area contributed by atoms with Gasteiger partial charge in [-0.1, -0.05) is 30.3 Å². The van der Waals surface area contributed by atoms with Gasteiger partial charge in [0, 0.05) is 13.7 Å². The first kappa shape index (κ1) is 11.5. The van der Waals surface area contributed by atoms with Crippen LogP contribution in [0.5, 0.6) is 0 Å². The molecule has 17 heavy (non-hydrogen) atoms. The van der Waals surface area contributed by atoms with Crippen LogP contribution in [0, 0.1) is 0 Å². The van der Waals surface area contributed by atoms with Gasteiger partial charge in [-0.2, -0.15) is 5.10 Å². The second kappa shape index (κ2) is 4.93. The van der Waals surface area contributed by atoms with Gasteiger partial charge >= 0.3 is 0 Å². The first-order chi connectivity index (χ1) is 8.24. The maximum atomic E-state index is 12.1. The molecule has 1 aromatic carbocycles. The van der Waals surface area contributed by atoms with Crippen molar-refractivity contribution in [1.82, 2.24) is 9.78 Å². The molecule has 0 atom stereocenters. The van der Waals surface area contributed by atoms with Crippen molar-refractivity contribution < 1.29 is 5.11 Å². The highest BCUT2D eigenvalue weighted by molar-refractivity contribution is 5.65. The van der Waals surface area contributed by atoms with Gasteiger partial charge in [0.05, 0.1) is 11.8 Å². The summed E-state index contributed by atoms with van der Waals surface area (Å²) in [4.78, 5) is 12.1. The van der Waals surface area contributed by atoms with Gasteiger partial charge in [-0.15, -0.1) is 0 Å². The van der Waals surface area contributed by atoms with E-state index in [1.54, 1.807) is 13.2 Å². The van der Waals surface area contributed by atoms with Gasteiger partial charge in [0.1, 0.15) is 0 Å². The molecule has 0 saturated heterocycles. The summed E-state index contributed by atoms with van der Waals surface area (Å²) in [5, 5.41) is 13.0. The minimum Gasteiger partial charge on any atom is -0.396 e. The van der Waals surface area contributed by atoms with E-state index in [1.165, 1.54) is 4.68 Å². The van der Waals surface area contributed by atoms with Crippen LogP contribution in [-0.4, -0.2) is 21.5 Å². The van der Waals surface area contributed by atoms with Crippen molar-refractivity contribution in [2.45, 2.75) is 6.42 Å².